The molecule has 0 spiro atoms. The summed E-state index contributed by atoms with van der Waals surface area (Å²) in [5, 5.41) is 0.0620. The van der Waals surface area contributed by atoms with Crippen LogP contribution in [0.25, 0.3) is 0 Å². The highest BCUT2D eigenvalue weighted by Gasteiger charge is 2.24. The van der Waals surface area contributed by atoms with Crippen LogP contribution in [0.1, 0.15) is 41.4 Å². The molecule has 0 saturated carbocycles. The monoisotopic (exact) mass is 388 g/mol. The lowest BCUT2D eigenvalue weighted by molar-refractivity contribution is -0.137. The van der Waals surface area contributed by atoms with E-state index in [9.17, 15) is 9.59 Å². The lowest BCUT2D eigenvalue weighted by Gasteiger charge is -2.18. The molecule has 1 aliphatic rings. The summed E-state index contributed by atoms with van der Waals surface area (Å²) in [5.74, 6) is -0.326. The van der Waals surface area contributed by atoms with Crippen molar-refractivity contribution in [1.29, 1.82) is 0 Å². The van der Waals surface area contributed by atoms with Gasteiger partial charge in [0.2, 0.25) is 0 Å². The average molecular weight is 389 g/mol. The van der Waals surface area contributed by atoms with Gasteiger partial charge in [0.05, 0.1) is 11.5 Å². The molecule has 1 heterocycles. The topological polar surface area (TPSA) is 65.7 Å². The lowest BCUT2D eigenvalue weighted by atomic mass is 9.90. The number of halogens is 1. The van der Waals surface area contributed by atoms with Crippen molar-refractivity contribution in [3.8, 4) is 5.75 Å². The minimum Gasteiger partial charge on any atom is -0.454 e. The first-order chi connectivity index (χ1) is 12.9. The molecular formula is C21H21ClO5. The molecule has 1 aromatic carbocycles. The van der Waals surface area contributed by atoms with Gasteiger partial charge >= 0.3 is 11.9 Å². The third kappa shape index (κ3) is 5.01. The number of aryl methyl sites for hydroxylation is 1. The number of rotatable bonds is 5. The molecule has 0 amide bonds. The molecular weight excluding hydrogens is 368 g/mol. The second-order valence-corrected chi connectivity index (χ2v) is 7.12. The Balaban J connectivity index is 1.63. The van der Waals surface area contributed by atoms with Gasteiger partial charge in [-0.25, -0.2) is 4.79 Å². The number of carbonyl (C=O) groups excluding carboxylic acids is 2. The van der Waals surface area contributed by atoms with Crippen LogP contribution in [0.4, 0.5) is 0 Å². The molecule has 0 radical (unpaired) electrons. The van der Waals surface area contributed by atoms with Gasteiger partial charge in [-0.2, -0.15) is 0 Å². The summed E-state index contributed by atoms with van der Waals surface area (Å²) >= 11 is 5.89. The molecule has 1 aliphatic carbocycles. The average Bonchev–Trinajstić information content (AvgIpc) is 3.00. The molecule has 0 bridgehead atoms. The molecule has 0 saturated heterocycles. The predicted molar refractivity (Wildman–Crippen MR) is 101 cm³/mol. The van der Waals surface area contributed by atoms with Crippen LogP contribution in [0.3, 0.4) is 0 Å². The van der Waals surface area contributed by atoms with E-state index >= 15 is 0 Å². The summed E-state index contributed by atoms with van der Waals surface area (Å²) in [4.78, 5) is 24.5. The first kappa shape index (κ1) is 19.2. The number of ether oxygens (including phenoxy) is 2. The molecule has 3 rings (SSSR count). The van der Waals surface area contributed by atoms with Crippen molar-refractivity contribution in [3.63, 3.8) is 0 Å². The Kier molecular flexibility index (Phi) is 6.01. The Morgan fingerprint density at radius 2 is 1.93 bits per heavy atom. The second kappa shape index (κ2) is 8.44. The van der Waals surface area contributed by atoms with Crippen LogP contribution >= 0.6 is 11.6 Å². The summed E-state index contributed by atoms with van der Waals surface area (Å²) < 4.78 is 16.0. The van der Waals surface area contributed by atoms with Crippen LogP contribution in [-0.2, 0) is 16.1 Å². The Morgan fingerprint density at radius 1 is 1.19 bits per heavy atom. The molecule has 142 valence electrons. The molecule has 0 fully saturated rings. The fourth-order valence-electron chi connectivity index (χ4n) is 2.81. The Hall–Kier alpha value is -2.53. The molecule has 2 atom stereocenters. The van der Waals surface area contributed by atoms with Crippen molar-refractivity contribution in [2.75, 3.05) is 0 Å². The molecule has 27 heavy (non-hydrogen) atoms. The predicted octanol–water partition coefficient (Wildman–Crippen LogP) is 5.11. The number of allylic oxidation sites excluding steroid dienone is 1. The number of carbonyl (C=O) groups is 2. The maximum Gasteiger partial charge on any atom is 0.338 e. The van der Waals surface area contributed by atoms with Gasteiger partial charge in [-0.15, -0.1) is 0 Å². The van der Waals surface area contributed by atoms with Gasteiger partial charge in [-0.3, -0.25) is 4.79 Å². The lowest BCUT2D eigenvalue weighted by Crippen LogP contribution is -2.22. The van der Waals surface area contributed by atoms with E-state index in [-0.39, 0.29) is 35.2 Å². The number of hydrogen-bond acceptors (Lipinski definition) is 5. The fourth-order valence-corrected chi connectivity index (χ4v) is 3.00. The Bertz CT molecular complexity index is 850. The number of esters is 2. The van der Waals surface area contributed by atoms with Crippen LogP contribution in [0.2, 0.25) is 5.22 Å². The summed E-state index contributed by atoms with van der Waals surface area (Å²) in [6.45, 7) is 3.86. The third-order valence-corrected chi connectivity index (χ3v) is 4.67. The van der Waals surface area contributed by atoms with Crippen LogP contribution in [-0.4, -0.2) is 11.9 Å². The van der Waals surface area contributed by atoms with Crippen molar-refractivity contribution < 1.29 is 23.5 Å². The van der Waals surface area contributed by atoms with Crippen molar-refractivity contribution >= 4 is 23.5 Å². The van der Waals surface area contributed by atoms with Crippen molar-refractivity contribution in [2.45, 2.75) is 33.3 Å². The molecule has 6 heteroatoms. The normalized spacial score (nSPS) is 18.9. The van der Waals surface area contributed by atoms with Gasteiger partial charge in [-0.05, 0) is 49.4 Å². The van der Waals surface area contributed by atoms with Gasteiger partial charge in [-0.1, -0.05) is 36.8 Å². The molecule has 0 aliphatic heterocycles. The largest absolute Gasteiger partial charge is 0.454 e. The summed E-state index contributed by atoms with van der Waals surface area (Å²) in [6.07, 6.45) is 5.56. The van der Waals surface area contributed by atoms with E-state index in [1.165, 1.54) is 6.07 Å². The minimum atomic E-state index is -0.496. The first-order valence-corrected chi connectivity index (χ1v) is 9.22. The fraction of sp³-hybridized carbons (Fsp3) is 0.333. The second-order valence-electron chi connectivity index (χ2n) is 6.75. The zero-order valence-electron chi connectivity index (χ0n) is 15.2. The van der Waals surface area contributed by atoms with Gasteiger partial charge in [0.1, 0.15) is 0 Å². The van der Waals surface area contributed by atoms with Crippen LogP contribution in [0.15, 0.2) is 46.9 Å². The molecule has 0 N–H and O–H groups in total. The zero-order chi connectivity index (χ0) is 19.4. The molecule has 5 nitrogen and oxygen atoms in total. The van der Waals surface area contributed by atoms with E-state index in [2.05, 4.69) is 6.92 Å². The van der Waals surface area contributed by atoms with Crippen molar-refractivity contribution in [1.82, 2.24) is 0 Å². The van der Waals surface area contributed by atoms with Crippen LogP contribution < -0.4 is 4.74 Å². The van der Waals surface area contributed by atoms with E-state index in [1.807, 2.05) is 31.2 Å². The van der Waals surface area contributed by atoms with Crippen molar-refractivity contribution in [2.24, 2.45) is 11.8 Å². The molecule has 2 aromatic rings. The Labute approximate surface area is 162 Å². The summed E-state index contributed by atoms with van der Waals surface area (Å²) in [6, 6.07) is 8.43. The number of hydrogen-bond donors (Lipinski definition) is 0. The van der Waals surface area contributed by atoms with Gasteiger partial charge in [0.15, 0.2) is 23.3 Å². The molecule has 1 aromatic heterocycles. The van der Waals surface area contributed by atoms with E-state index in [0.29, 0.717) is 11.5 Å². The highest BCUT2D eigenvalue weighted by Crippen LogP contribution is 2.30. The SMILES string of the molecule is Cc1ccc(C(=O)OCc2oc(Cl)cc2OC(=O)[C@H]2C=C[C@H](C)CC2)cc1. The highest BCUT2D eigenvalue weighted by atomic mass is 35.5. The smallest absolute Gasteiger partial charge is 0.338 e. The third-order valence-electron chi connectivity index (χ3n) is 4.48. The number of furan rings is 1. The van der Waals surface area contributed by atoms with Gasteiger partial charge < -0.3 is 13.9 Å². The minimum absolute atomic E-state index is 0.0620. The standard InChI is InChI=1S/C21H21ClO5/c1-13-3-7-15(8-4-13)20(23)25-12-18-17(11-19(22)26-18)27-21(24)16-9-5-14(2)6-10-16/h3-5,7-9,11,14,16H,6,10,12H2,1-2H3/t14-,16-/m0/s1. The summed E-state index contributed by atoms with van der Waals surface area (Å²) in [7, 11) is 0. The van der Waals surface area contributed by atoms with Crippen LogP contribution in [0, 0.1) is 18.8 Å². The first-order valence-electron chi connectivity index (χ1n) is 8.84. The quantitative estimate of drug-likeness (QED) is 0.526. The maximum absolute atomic E-state index is 12.4. The van der Waals surface area contributed by atoms with Gasteiger partial charge in [0.25, 0.3) is 0 Å². The van der Waals surface area contributed by atoms with E-state index in [1.54, 1.807) is 12.1 Å². The van der Waals surface area contributed by atoms with E-state index in [4.69, 9.17) is 25.5 Å². The van der Waals surface area contributed by atoms with E-state index < -0.39 is 5.97 Å². The molecule has 0 unspecified atom stereocenters. The zero-order valence-corrected chi connectivity index (χ0v) is 16.0. The van der Waals surface area contributed by atoms with Crippen molar-refractivity contribution in [3.05, 3.63) is 64.6 Å². The van der Waals surface area contributed by atoms with Crippen LogP contribution in [0.5, 0.6) is 5.75 Å². The number of benzene rings is 1. The highest BCUT2D eigenvalue weighted by molar-refractivity contribution is 6.29. The Morgan fingerprint density at radius 3 is 2.59 bits per heavy atom. The van der Waals surface area contributed by atoms with E-state index in [0.717, 1.165) is 18.4 Å². The summed E-state index contributed by atoms with van der Waals surface area (Å²) in [5.41, 5.74) is 1.47. The van der Waals surface area contributed by atoms with Gasteiger partial charge in [0, 0.05) is 6.07 Å². The maximum atomic E-state index is 12.4.